The zero-order valence-electron chi connectivity index (χ0n) is 17.4. The molecule has 0 unspecified atom stereocenters. The minimum atomic E-state index is -4.80. The van der Waals surface area contributed by atoms with Crippen molar-refractivity contribution in [3.05, 3.63) is 54.1 Å². The molecule has 0 aliphatic rings. The molecule has 0 atom stereocenters. The first-order valence-electron chi connectivity index (χ1n) is 9.79. The van der Waals surface area contributed by atoms with Crippen molar-refractivity contribution in [2.24, 2.45) is 0 Å². The van der Waals surface area contributed by atoms with Crippen molar-refractivity contribution >= 4 is 38.9 Å². The van der Waals surface area contributed by atoms with Crippen LogP contribution in [0.4, 0.5) is 27.9 Å². The average Bonchev–Trinajstić information content (AvgIpc) is 3.16. The van der Waals surface area contributed by atoms with E-state index in [0.717, 1.165) is 23.0 Å². The minimum absolute atomic E-state index is 0.0887. The average molecular weight is 483 g/mol. The van der Waals surface area contributed by atoms with Gasteiger partial charge in [-0.2, -0.15) is 0 Å². The van der Waals surface area contributed by atoms with E-state index in [0.29, 0.717) is 16.8 Å². The third-order valence-corrected chi connectivity index (χ3v) is 5.18. The summed E-state index contributed by atoms with van der Waals surface area (Å²) in [4.78, 5) is 29.7. The fourth-order valence-electron chi connectivity index (χ4n) is 2.72. The SMILES string of the molecule is CCN(CCOC(=O)Nc1nc2ccc(OC(F)(F)F)cc2s1)C(=O)OCc1ccccc1. The van der Waals surface area contributed by atoms with Crippen molar-refractivity contribution in [1.29, 1.82) is 0 Å². The molecule has 3 rings (SSSR count). The predicted molar refractivity (Wildman–Crippen MR) is 115 cm³/mol. The Hall–Kier alpha value is -3.54. The number of aromatic nitrogens is 1. The van der Waals surface area contributed by atoms with Gasteiger partial charge in [0.15, 0.2) is 5.13 Å². The number of anilines is 1. The number of nitrogens with zero attached hydrogens (tertiary/aromatic N) is 2. The van der Waals surface area contributed by atoms with Crippen LogP contribution in [0.3, 0.4) is 0 Å². The molecule has 1 heterocycles. The van der Waals surface area contributed by atoms with Crippen molar-refractivity contribution in [2.75, 3.05) is 25.0 Å². The van der Waals surface area contributed by atoms with Crippen LogP contribution >= 0.6 is 11.3 Å². The Morgan fingerprint density at radius 2 is 1.88 bits per heavy atom. The second-order valence-electron chi connectivity index (χ2n) is 6.58. The zero-order valence-corrected chi connectivity index (χ0v) is 18.2. The summed E-state index contributed by atoms with van der Waals surface area (Å²) >= 11 is 0.964. The summed E-state index contributed by atoms with van der Waals surface area (Å²) in [7, 11) is 0. The lowest BCUT2D eigenvalue weighted by atomic mass is 10.2. The van der Waals surface area contributed by atoms with Crippen molar-refractivity contribution in [3.63, 3.8) is 0 Å². The van der Waals surface area contributed by atoms with E-state index in [9.17, 15) is 22.8 Å². The number of ether oxygens (including phenoxy) is 3. The number of alkyl halides is 3. The molecule has 1 N–H and O–H groups in total. The lowest BCUT2D eigenvalue weighted by Crippen LogP contribution is -2.35. The lowest BCUT2D eigenvalue weighted by molar-refractivity contribution is -0.274. The first-order chi connectivity index (χ1) is 15.7. The number of carbonyl (C=O) groups excluding carboxylic acids is 2. The van der Waals surface area contributed by atoms with Gasteiger partial charge in [-0.1, -0.05) is 41.7 Å². The summed E-state index contributed by atoms with van der Waals surface area (Å²) in [5.41, 5.74) is 1.24. The van der Waals surface area contributed by atoms with Gasteiger partial charge in [-0.05, 0) is 24.6 Å². The van der Waals surface area contributed by atoms with Crippen LogP contribution in [0.1, 0.15) is 12.5 Å². The Morgan fingerprint density at radius 1 is 1.12 bits per heavy atom. The van der Waals surface area contributed by atoms with E-state index in [1.54, 1.807) is 6.92 Å². The standard InChI is InChI=1S/C21H20F3N3O5S/c1-2-27(20(29)31-13-14-6-4-3-5-7-14)10-11-30-19(28)26-18-25-16-9-8-15(12-17(16)33-18)32-21(22,23)24/h3-9,12H,2,10-11,13H2,1H3,(H,25,26,28). The van der Waals surface area contributed by atoms with Gasteiger partial charge in [0.1, 0.15) is 19.0 Å². The smallest absolute Gasteiger partial charge is 0.447 e. The molecule has 0 aliphatic heterocycles. The number of amides is 2. The maximum absolute atomic E-state index is 12.3. The molecule has 0 fully saturated rings. The summed E-state index contributed by atoms with van der Waals surface area (Å²) in [6.45, 7) is 2.29. The summed E-state index contributed by atoms with van der Waals surface area (Å²) < 4.78 is 51.6. The van der Waals surface area contributed by atoms with E-state index in [4.69, 9.17) is 9.47 Å². The van der Waals surface area contributed by atoms with Gasteiger partial charge < -0.3 is 19.1 Å². The summed E-state index contributed by atoms with van der Waals surface area (Å²) in [5.74, 6) is -0.383. The highest BCUT2D eigenvalue weighted by atomic mass is 32.1. The molecular formula is C21H20F3N3O5S. The van der Waals surface area contributed by atoms with Gasteiger partial charge >= 0.3 is 18.5 Å². The highest BCUT2D eigenvalue weighted by molar-refractivity contribution is 7.22. The second-order valence-corrected chi connectivity index (χ2v) is 7.61. The van der Waals surface area contributed by atoms with Crippen LogP contribution in [0.15, 0.2) is 48.5 Å². The predicted octanol–water partition coefficient (Wildman–Crippen LogP) is 5.40. The molecule has 2 aromatic carbocycles. The topological polar surface area (TPSA) is 90.0 Å². The van der Waals surface area contributed by atoms with Gasteiger partial charge in [0, 0.05) is 12.6 Å². The third-order valence-electron chi connectivity index (χ3n) is 4.24. The Morgan fingerprint density at radius 3 is 2.58 bits per heavy atom. The van der Waals surface area contributed by atoms with Crippen molar-refractivity contribution in [2.45, 2.75) is 19.9 Å². The number of nitrogens with one attached hydrogen (secondary N) is 1. The van der Waals surface area contributed by atoms with Gasteiger partial charge in [0.25, 0.3) is 0 Å². The quantitative estimate of drug-likeness (QED) is 0.461. The number of benzene rings is 2. The van der Waals surface area contributed by atoms with Crippen LogP contribution in [-0.4, -0.2) is 48.1 Å². The minimum Gasteiger partial charge on any atom is -0.447 e. The molecule has 8 nitrogen and oxygen atoms in total. The monoisotopic (exact) mass is 483 g/mol. The number of hydrogen-bond acceptors (Lipinski definition) is 7. The highest BCUT2D eigenvalue weighted by Crippen LogP contribution is 2.31. The van der Waals surface area contributed by atoms with Crippen LogP contribution < -0.4 is 10.1 Å². The van der Waals surface area contributed by atoms with Crippen molar-refractivity contribution < 1.29 is 37.0 Å². The molecule has 0 saturated heterocycles. The zero-order chi connectivity index (χ0) is 23.8. The summed E-state index contributed by atoms with van der Waals surface area (Å²) in [6, 6.07) is 12.9. The summed E-state index contributed by atoms with van der Waals surface area (Å²) in [6.07, 6.45) is -6.15. The number of carbonyl (C=O) groups is 2. The number of rotatable bonds is 8. The fourth-order valence-corrected chi connectivity index (χ4v) is 3.60. The van der Waals surface area contributed by atoms with E-state index < -0.39 is 18.5 Å². The van der Waals surface area contributed by atoms with Gasteiger partial charge in [-0.3, -0.25) is 5.32 Å². The Balaban J connectivity index is 1.46. The molecule has 0 bridgehead atoms. The number of likely N-dealkylation sites (N-methyl/N-ethyl adjacent to an activating group) is 1. The van der Waals surface area contributed by atoms with E-state index in [-0.39, 0.29) is 30.6 Å². The van der Waals surface area contributed by atoms with Crippen LogP contribution in [0.5, 0.6) is 5.75 Å². The number of fused-ring (bicyclic) bond motifs is 1. The fraction of sp³-hybridized carbons (Fsp3) is 0.286. The molecular weight excluding hydrogens is 463 g/mol. The maximum Gasteiger partial charge on any atom is 0.573 e. The molecule has 12 heteroatoms. The molecule has 0 aliphatic carbocycles. The largest absolute Gasteiger partial charge is 0.573 e. The van der Waals surface area contributed by atoms with Gasteiger partial charge in [-0.15, -0.1) is 13.2 Å². The normalized spacial score (nSPS) is 11.2. The molecule has 1 aromatic heterocycles. The van der Waals surface area contributed by atoms with Gasteiger partial charge in [0.05, 0.1) is 16.8 Å². The van der Waals surface area contributed by atoms with Crippen LogP contribution in [0.25, 0.3) is 10.2 Å². The molecule has 0 radical (unpaired) electrons. The Labute approximate surface area is 190 Å². The molecule has 3 aromatic rings. The van der Waals surface area contributed by atoms with Crippen molar-refractivity contribution in [3.8, 4) is 5.75 Å². The van der Waals surface area contributed by atoms with Crippen LogP contribution in [-0.2, 0) is 16.1 Å². The number of halogens is 3. The molecule has 0 saturated carbocycles. The van der Waals surface area contributed by atoms with Crippen molar-refractivity contribution in [1.82, 2.24) is 9.88 Å². The highest BCUT2D eigenvalue weighted by Gasteiger charge is 2.31. The van der Waals surface area contributed by atoms with E-state index in [1.807, 2.05) is 30.3 Å². The van der Waals surface area contributed by atoms with Crippen LogP contribution in [0.2, 0.25) is 0 Å². The van der Waals surface area contributed by atoms with E-state index in [2.05, 4.69) is 15.0 Å². The number of thiazole rings is 1. The first kappa shape index (κ1) is 24.1. The Kier molecular flexibility index (Phi) is 7.93. The third kappa shape index (κ3) is 7.52. The second kappa shape index (κ2) is 10.9. The Bertz CT molecular complexity index is 1090. The molecule has 176 valence electrons. The van der Waals surface area contributed by atoms with Gasteiger partial charge in [-0.25, -0.2) is 14.6 Å². The van der Waals surface area contributed by atoms with Gasteiger partial charge in [0.2, 0.25) is 0 Å². The first-order valence-corrected chi connectivity index (χ1v) is 10.6. The van der Waals surface area contributed by atoms with E-state index in [1.165, 1.54) is 17.0 Å². The molecule has 33 heavy (non-hydrogen) atoms. The number of hydrogen-bond donors (Lipinski definition) is 1. The maximum atomic E-state index is 12.3. The van der Waals surface area contributed by atoms with E-state index >= 15 is 0 Å². The molecule has 0 spiro atoms. The molecule has 2 amide bonds. The van der Waals surface area contributed by atoms with Crippen LogP contribution in [0, 0.1) is 0 Å². The lowest BCUT2D eigenvalue weighted by Gasteiger charge is -2.20. The summed E-state index contributed by atoms with van der Waals surface area (Å²) in [5, 5.41) is 2.56.